The van der Waals surface area contributed by atoms with Crippen LogP contribution in [0.5, 0.6) is 0 Å². The molecule has 2 aromatic carbocycles. The number of carbonyl (C=O) groups is 3. The lowest BCUT2D eigenvalue weighted by molar-refractivity contribution is -0.150. The quantitative estimate of drug-likeness (QED) is 0.541. The van der Waals surface area contributed by atoms with E-state index in [1.165, 1.54) is 0 Å². The third-order valence-electron chi connectivity index (χ3n) is 6.12. The second kappa shape index (κ2) is 8.50. The number of ketones is 2. The van der Waals surface area contributed by atoms with Crippen molar-refractivity contribution in [2.75, 3.05) is 39.5 Å². The van der Waals surface area contributed by atoms with Gasteiger partial charge >= 0.3 is 5.97 Å². The first-order valence-corrected chi connectivity index (χ1v) is 10.3. The van der Waals surface area contributed by atoms with Crippen molar-refractivity contribution in [1.82, 2.24) is 4.90 Å². The van der Waals surface area contributed by atoms with Gasteiger partial charge in [0.2, 0.25) is 0 Å². The Hall–Kier alpha value is -2.83. The van der Waals surface area contributed by atoms with Gasteiger partial charge in [-0.2, -0.15) is 0 Å². The molecule has 1 heterocycles. The molecule has 2 aliphatic rings. The topological polar surface area (TPSA) is 72.9 Å². The third kappa shape index (κ3) is 3.36. The second-order valence-electron chi connectivity index (χ2n) is 7.72. The first-order chi connectivity index (χ1) is 14.6. The van der Waals surface area contributed by atoms with Gasteiger partial charge in [-0.1, -0.05) is 61.5 Å². The number of nitrogens with zero attached hydrogens (tertiary/aromatic N) is 1. The molecule has 0 radical (unpaired) electrons. The van der Waals surface area contributed by atoms with Crippen molar-refractivity contribution in [2.24, 2.45) is 5.92 Å². The molecule has 0 amide bonds. The summed E-state index contributed by atoms with van der Waals surface area (Å²) in [6, 6.07) is 15.6. The number of esters is 1. The van der Waals surface area contributed by atoms with E-state index in [0.29, 0.717) is 36.4 Å². The molecule has 0 spiro atoms. The number of hydrogen-bond acceptors (Lipinski definition) is 6. The predicted molar refractivity (Wildman–Crippen MR) is 111 cm³/mol. The van der Waals surface area contributed by atoms with Crippen LogP contribution in [0.15, 0.2) is 54.6 Å². The minimum absolute atomic E-state index is 0.212. The van der Waals surface area contributed by atoms with Crippen LogP contribution in [0, 0.1) is 5.92 Å². The van der Waals surface area contributed by atoms with Crippen LogP contribution in [0.4, 0.5) is 0 Å². The predicted octanol–water partition coefficient (Wildman–Crippen LogP) is 2.52. The highest BCUT2D eigenvalue weighted by Gasteiger charge is 2.59. The molecule has 0 N–H and O–H groups in total. The van der Waals surface area contributed by atoms with E-state index in [1.807, 2.05) is 6.07 Å². The highest BCUT2D eigenvalue weighted by molar-refractivity contribution is 6.34. The number of rotatable bonds is 6. The van der Waals surface area contributed by atoms with E-state index < -0.39 is 17.3 Å². The van der Waals surface area contributed by atoms with Crippen LogP contribution in [0.3, 0.4) is 0 Å². The van der Waals surface area contributed by atoms with Gasteiger partial charge in [0.1, 0.15) is 12.0 Å². The Morgan fingerprint density at radius 3 is 2.17 bits per heavy atom. The van der Waals surface area contributed by atoms with Crippen LogP contribution in [0.1, 0.15) is 33.2 Å². The summed E-state index contributed by atoms with van der Waals surface area (Å²) in [6.45, 7) is 5.36. The molecular formula is C24H25NO5. The molecule has 6 heteroatoms. The van der Waals surface area contributed by atoms with Crippen LogP contribution in [-0.4, -0.2) is 61.9 Å². The Bertz CT molecular complexity index is 914. The zero-order valence-corrected chi connectivity index (χ0v) is 17.0. The molecule has 1 saturated heterocycles. The van der Waals surface area contributed by atoms with Gasteiger partial charge in [0, 0.05) is 30.8 Å². The van der Waals surface area contributed by atoms with E-state index in [0.717, 1.165) is 13.1 Å². The van der Waals surface area contributed by atoms with E-state index in [4.69, 9.17) is 9.47 Å². The van der Waals surface area contributed by atoms with Gasteiger partial charge in [0.15, 0.2) is 11.6 Å². The Labute approximate surface area is 175 Å². The van der Waals surface area contributed by atoms with E-state index in [9.17, 15) is 14.4 Å². The first-order valence-electron chi connectivity index (χ1n) is 10.3. The molecule has 0 saturated carbocycles. The van der Waals surface area contributed by atoms with Crippen molar-refractivity contribution in [3.8, 4) is 0 Å². The van der Waals surface area contributed by atoms with Gasteiger partial charge in [-0.15, -0.1) is 0 Å². The van der Waals surface area contributed by atoms with Crippen LogP contribution < -0.4 is 0 Å². The van der Waals surface area contributed by atoms with E-state index in [2.05, 4.69) is 4.90 Å². The van der Waals surface area contributed by atoms with Gasteiger partial charge in [-0.25, -0.2) is 0 Å². The smallest absolute Gasteiger partial charge is 0.310 e. The fourth-order valence-corrected chi connectivity index (χ4v) is 4.42. The first kappa shape index (κ1) is 20.4. The second-order valence-corrected chi connectivity index (χ2v) is 7.72. The minimum atomic E-state index is -1.60. The molecule has 0 bridgehead atoms. The molecule has 4 rings (SSSR count). The van der Waals surface area contributed by atoms with Crippen LogP contribution in [-0.2, 0) is 19.7 Å². The molecule has 156 valence electrons. The minimum Gasteiger partial charge on any atom is -0.464 e. The van der Waals surface area contributed by atoms with Gasteiger partial charge in [-0.05, 0) is 5.56 Å². The lowest BCUT2D eigenvalue weighted by atomic mass is 9.67. The summed E-state index contributed by atoms with van der Waals surface area (Å²) in [7, 11) is 0. The maximum atomic E-state index is 13.5. The highest BCUT2D eigenvalue weighted by Crippen LogP contribution is 2.45. The zero-order valence-electron chi connectivity index (χ0n) is 17.0. The van der Waals surface area contributed by atoms with Crippen LogP contribution in [0.25, 0.3) is 0 Å². The Kier molecular flexibility index (Phi) is 5.79. The molecule has 1 unspecified atom stereocenters. The molecule has 6 nitrogen and oxygen atoms in total. The Balaban J connectivity index is 1.60. The summed E-state index contributed by atoms with van der Waals surface area (Å²) in [5.41, 5.74) is -0.353. The molecule has 2 aromatic rings. The normalized spacial score (nSPS) is 19.4. The maximum Gasteiger partial charge on any atom is 0.310 e. The average molecular weight is 407 g/mol. The fraction of sp³-hybridized carbons (Fsp3) is 0.375. The highest BCUT2D eigenvalue weighted by atomic mass is 16.5. The number of ether oxygens (including phenoxy) is 2. The summed E-state index contributed by atoms with van der Waals surface area (Å²) >= 11 is 0. The van der Waals surface area contributed by atoms with Crippen molar-refractivity contribution < 1.29 is 23.9 Å². The third-order valence-corrected chi connectivity index (χ3v) is 6.12. The van der Waals surface area contributed by atoms with Crippen LogP contribution in [0.2, 0.25) is 0 Å². The number of morpholine rings is 1. The molecule has 1 aliphatic heterocycles. The van der Waals surface area contributed by atoms with Crippen LogP contribution >= 0.6 is 0 Å². The lowest BCUT2D eigenvalue weighted by Gasteiger charge is -2.32. The van der Waals surface area contributed by atoms with Crippen molar-refractivity contribution in [2.45, 2.75) is 12.3 Å². The fourth-order valence-electron chi connectivity index (χ4n) is 4.42. The van der Waals surface area contributed by atoms with E-state index >= 15 is 0 Å². The molecule has 1 atom stereocenters. The molecule has 0 aromatic heterocycles. The standard InChI is InChI=1S/C24H25NO5/c1-17(23(28)30-16-13-25-11-14-29-15-12-25)24(18-7-3-2-4-8-18)21(26)19-9-5-6-10-20(19)22(24)27/h2-10,17H,11-16H2,1H3. The summed E-state index contributed by atoms with van der Waals surface area (Å²) in [5, 5.41) is 0. The Morgan fingerprint density at radius 1 is 1.00 bits per heavy atom. The van der Waals surface area contributed by atoms with Crippen molar-refractivity contribution in [3.63, 3.8) is 0 Å². The number of hydrogen-bond donors (Lipinski definition) is 0. The van der Waals surface area contributed by atoms with Crippen molar-refractivity contribution >= 4 is 17.5 Å². The lowest BCUT2D eigenvalue weighted by Crippen LogP contribution is -2.48. The zero-order chi connectivity index (χ0) is 21.1. The number of benzene rings is 2. The monoisotopic (exact) mass is 407 g/mol. The van der Waals surface area contributed by atoms with Gasteiger partial charge in [-0.3, -0.25) is 19.3 Å². The summed E-state index contributed by atoms with van der Waals surface area (Å²) in [6.07, 6.45) is 0. The molecule has 1 aliphatic carbocycles. The Morgan fingerprint density at radius 2 is 1.57 bits per heavy atom. The van der Waals surface area contributed by atoms with E-state index in [1.54, 1.807) is 55.5 Å². The molecule has 1 fully saturated rings. The van der Waals surface area contributed by atoms with Crippen molar-refractivity contribution in [3.05, 3.63) is 71.3 Å². The van der Waals surface area contributed by atoms with Crippen molar-refractivity contribution in [1.29, 1.82) is 0 Å². The average Bonchev–Trinajstić information content (AvgIpc) is 3.02. The summed E-state index contributed by atoms with van der Waals surface area (Å²) in [5.74, 6) is -2.17. The summed E-state index contributed by atoms with van der Waals surface area (Å²) < 4.78 is 10.9. The number of fused-ring (bicyclic) bond motifs is 1. The summed E-state index contributed by atoms with van der Waals surface area (Å²) in [4.78, 5) is 42.3. The van der Waals surface area contributed by atoms with Gasteiger partial charge in [0.25, 0.3) is 0 Å². The van der Waals surface area contributed by atoms with Gasteiger partial charge < -0.3 is 9.47 Å². The number of carbonyl (C=O) groups excluding carboxylic acids is 3. The largest absolute Gasteiger partial charge is 0.464 e. The maximum absolute atomic E-state index is 13.5. The SMILES string of the molecule is CC(C(=O)OCCN1CCOCC1)C1(c2ccccc2)C(=O)c2ccccc2C1=O. The van der Waals surface area contributed by atoms with Gasteiger partial charge in [0.05, 0.1) is 19.1 Å². The molecule has 30 heavy (non-hydrogen) atoms. The molecular weight excluding hydrogens is 382 g/mol. The number of Topliss-reactive ketones (excluding diaryl/α,β-unsaturated/α-hetero) is 2. The van der Waals surface area contributed by atoms with E-state index in [-0.39, 0.29) is 18.2 Å².